The standard InChI is InChI=1S/C21H20N6O2/c1-11-6-13(3)19-15(7-11)12(2)8-17(25-19)27-20(14(9-22)10-23-27)26-21(29)16-4-5-18(28)24-16/h6-8,10,16H,4-5H2,1-3H3,(H,24,28)(H,26,29). The Hall–Kier alpha value is -3.73. The van der Waals surface area contributed by atoms with E-state index in [4.69, 9.17) is 4.98 Å². The van der Waals surface area contributed by atoms with Gasteiger partial charge in [0.05, 0.1) is 11.7 Å². The number of rotatable bonds is 3. The summed E-state index contributed by atoms with van der Waals surface area (Å²) in [5, 5.41) is 20.2. The van der Waals surface area contributed by atoms with Crippen LogP contribution in [0.5, 0.6) is 0 Å². The van der Waals surface area contributed by atoms with Gasteiger partial charge >= 0.3 is 0 Å². The molecule has 2 amide bonds. The van der Waals surface area contributed by atoms with E-state index in [0.717, 1.165) is 27.6 Å². The summed E-state index contributed by atoms with van der Waals surface area (Å²) in [5.41, 5.74) is 4.29. The molecule has 1 aromatic carbocycles. The number of nitrogens with zero attached hydrogens (tertiary/aromatic N) is 4. The summed E-state index contributed by atoms with van der Waals surface area (Å²) in [6, 6.07) is 7.46. The third kappa shape index (κ3) is 3.31. The molecule has 1 fully saturated rings. The van der Waals surface area contributed by atoms with Gasteiger partial charge in [0.25, 0.3) is 0 Å². The van der Waals surface area contributed by atoms with Gasteiger partial charge in [0.2, 0.25) is 11.8 Å². The minimum absolute atomic E-state index is 0.156. The van der Waals surface area contributed by atoms with E-state index in [-0.39, 0.29) is 23.2 Å². The van der Waals surface area contributed by atoms with Crippen molar-refractivity contribution in [3.8, 4) is 11.9 Å². The van der Waals surface area contributed by atoms with Crippen LogP contribution in [-0.4, -0.2) is 32.6 Å². The molecular formula is C21H20N6O2. The second-order valence-corrected chi connectivity index (χ2v) is 7.35. The van der Waals surface area contributed by atoms with E-state index >= 15 is 0 Å². The molecule has 8 heteroatoms. The molecule has 0 spiro atoms. The number of aromatic nitrogens is 3. The molecule has 1 aliphatic rings. The van der Waals surface area contributed by atoms with Crippen LogP contribution in [0, 0.1) is 32.1 Å². The van der Waals surface area contributed by atoms with Crippen molar-refractivity contribution in [3.05, 3.63) is 46.6 Å². The van der Waals surface area contributed by atoms with Crippen LogP contribution in [0.2, 0.25) is 0 Å². The maximum absolute atomic E-state index is 12.6. The summed E-state index contributed by atoms with van der Waals surface area (Å²) in [7, 11) is 0. The van der Waals surface area contributed by atoms with Crippen molar-refractivity contribution < 1.29 is 9.59 Å². The first-order chi connectivity index (χ1) is 13.9. The Kier molecular flexibility index (Phi) is 4.51. The largest absolute Gasteiger partial charge is 0.344 e. The maximum atomic E-state index is 12.6. The van der Waals surface area contributed by atoms with Gasteiger partial charge in [-0.3, -0.25) is 9.59 Å². The second kappa shape index (κ2) is 7.02. The fourth-order valence-electron chi connectivity index (χ4n) is 3.67. The van der Waals surface area contributed by atoms with E-state index in [1.807, 2.05) is 32.9 Å². The van der Waals surface area contributed by atoms with Gasteiger partial charge in [-0.2, -0.15) is 15.0 Å². The second-order valence-electron chi connectivity index (χ2n) is 7.35. The number of anilines is 1. The van der Waals surface area contributed by atoms with Gasteiger partial charge in [0.15, 0.2) is 11.6 Å². The number of carbonyl (C=O) groups is 2. The highest BCUT2D eigenvalue weighted by atomic mass is 16.2. The van der Waals surface area contributed by atoms with Crippen LogP contribution in [0.1, 0.15) is 35.1 Å². The molecule has 4 rings (SSSR count). The highest BCUT2D eigenvalue weighted by molar-refractivity contribution is 5.99. The summed E-state index contributed by atoms with van der Waals surface area (Å²) in [4.78, 5) is 28.7. The molecule has 1 atom stereocenters. The fraction of sp³-hybridized carbons (Fsp3) is 0.286. The molecule has 0 bridgehead atoms. The van der Waals surface area contributed by atoms with Crippen LogP contribution in [0.25, 0.3) is 16.7 Å². The maximum Gasteiger partial charge on any atom is 0.248 e. The number of hydrogen-bond acceptors (Lipinski definition) is 5. The Labute approximate surface area is 167 Å². The summed E-state index contributed by atoms with van der Waals surface area (Å²) in [6.45, 7) is 6.04. The van der Waals surface area contributed by atoms with Crippen LogP contribution >= 0.6 is 0 Å². The molecule has 1 saturated heterocycles. The lowest BCUT2D eigenvalue weighted by Crippen LogP contribution is -2.37. The van der Waals surface area contributed by atoms with Gasteiger partial charge in [-0.25, -0.2) is 4.98 Å². The highest BCUT2D eigenvalue weighted by Gasteiger charge is 2.29. The summed E-state index contributed by atoms with van der Waals surface area (Å²) in [6.07, 6.45) is 2.13. The van der Waals surface area contributed by atoms with Gasteiger partial charge in [0, 0.05) is 11.8 Å². The van der Waals surface area contributed by atoms with Gasteiger partial charge in [-0.1, -0.05) is 11.6 Å². The number of carbonyl (C=O) groups excluding carboxylic acids is 2. The molecule has 3 aromatic rings. The quantitative estimate of drug-likeness (QED) is 0.715. The summed E-state index contributed by atoms with van der Waals surface area (Å²) in [5.74, 6) is 0.221. The zero-order valence-electron chi connectivity index (χ0n) is 16.4. The first-order valence-electron chi connectivity index (χ1n) is 9.34. The first kappa shape index (κ1) is 18.6. The van der Waals surface area contributed by atoms with Crippen molar-refractivity contribution in [2.75, 3.05) is 5.32 Å². The predicted molar refractivity (Wildman–Crippen MR) is 108 cm³/mol. The molecule has 1 unspecified atom stereocenters. The number of amides is 2. The average molecular weight is 388 g/mol. The lowest BCUT2D eigenvalue weighted by molar-refractivity contribution is -0.122. The molecule has 2 N–H and O–H groups in total. The van der Waals surface area contributed by atoms with Gasteiger partial charge in [-0.15, -0.1) is 0 Å². The van der Waals surface area contributed by atoms with Crippen LogP contribution < -0.4 is 10.6 Å². The topological polar surface area (TPSA) is 113 Å². The monoisotopic (exact) mass is 388 g/mol. The number of nitriles is 1. The van der Waals surface area contributed by atoms with E-state index in [2.05, 4.69) is 27.9 Å². The van der Waals surface area contributed by atoms with Crippen molar-refractivity contribution in [2.45, 2.75) is 39.7 Å². The number of pyridine rings is 1. The Morgan fingerprint density at radius 3 is 2.76 bits per heavy atom. The highest BCUT2D eigenvalue weighted by Crippen LogP contribution is 2.26. The summed E-state index contributed by atoms with van der Waals surface area (Å²) >= 11 is 0. The molecule has 8 nitrogen and oxygen atoms in total. The Balaban J connectivity index is 1.78. The molecular weight excluding hydrogens is 368 g/mol. The normalized spacial score (nSPS) is 15.9. The van der Waals surface area contributed by atoms with E-state index in [9.17, 15) is 14.9 Å². The summed E-state index contributed by atoms with van der Waals surface area (Å²) < 4.78 is 1.46. The first-order valence-corrected chi connectivity index (χ1v) is 9.34. The SMILES string of the molecule is Cc1cc(C)c2nc(-n3ncc(C#N)c3NC(=O)C3CCC(=O)N3)cc(C)c2c1. The van der Waals surface area contributed by atoms with E-state index < -0.39 is 6.04 Å². The number of benzene rings is 1. The number of aryl methyl sites for hydroxylation is 3. The van der Waals surface area contributed by atoms with Gasteiger partial charge in [0.1, 0.15) is 17.7 Å². The van der Waals surface area contributed by atoms with Crippen molar-refractivity contribution in [1.29, 1.82) is 5.26 Å². The van der Waals surface area contributed by atoms with Crippen LogP contribution in [-0.2, 0) is 9.59 Å². The van der Waals surface area contributed by atoms with Crippen molar-refractivity contribution in [1.82, 2.24) is 20.1 Å². The molecule has 0 radical (unpaired) electrons. The van der Waals surface area contributed by atoms with Gasteiger partial charge < -0.3 is 10.6 Å². The van der Waals surface area contributed by atoms with E-state index in [0.29, 0.717) is 18.7 Å². The number of fused-ring (bicyclic) bond motifs is 1. The number of hydrogen-bond donors (Lipinski definition) is 2. The Morgan fingerprint density at radius 2 is 2.07 bits per heavy atom. The minimum atomic E-state index is -0.617. The van der Waals surface area contributed by atoms with Crippen LogP contribution in [0.3, 0.4) is 0 Å². The van der Waals surface area contributed by atoms with Crippen LogP contribution in [0.4, 0.5) is 5.82 Å². The average Bonchev–Trinajstić information content (AvgIpc) is 3.28. The zero-order valence-corrected chi connectivity index (χ0v) is 16.4. The smallest absolute Gasteiger partial charge is 0.248 e. The molecule has 2 aromatic heterocycles. The third-order valence-corrected chi connectivity index (χ3v) is 5.10. The van der Waals surface area contributed by atoms with Crippen molar-refractivity contribution >= 4 is 28.5 Å². The van der Waals surface area contributed by atoms with Crippen LogP contribution in [0.15, 0.2) is 24.4 Å². The van der Waals surface area contributed by atoms with E-state index in [1.165, 1.54) is 10.9 Å². The third-order valence-electron chi connectivity index (χ3n) is 5.10. The van der Waals surface area contributed by atoms with Gasteiger partial charge in [-0.05, 0) is 50.5 Å². The molecule has 3 heterocycles. The number of nitrogens with one attached hydrogen (secondary N) is 2. The fourth-order valence-corrected chi connectivity index (χ4v) is 3.67. The molecule has 1 aliphatic heterocycles. The van der Waals surface area contributed by atoms with E-state index in [1.54, 1.807) is 0 Å². The van der Waals surface area contributed by atoms with Crippen molar-refractivity contribution in [3.63, 3.8) is 0 Å². The molecule has 0 aliphatic carbocycles. The molecule has 146 valence electrons. The lowest BCUT2D eigenvalue weighted by atomic mass is 10.0. The molecule has 29 heavy (non-hydrogen) atoms. The minimum Gasteiger partial charge on any atom is -0.344 e. The predicted octanol–water partition coefficient (Wildman–Crippen LogP) is 2.43. The lowest BCUT2D eigenvalue weighted by Gasteiger charge is -2.14. The van der Waals surface area contributed by atoms with Crippen molar-refractivity contribution in [2.24, 2.45) is 0 Å². The Bertz CT molecular complexity index is 1200. The zero-order chi connectivity index (χ0) is 20.7. The Morgan fingerprint density at radius 1 is 1.28 bits per heavy atom. The molecule has 0 saturated carbocycles.